The second-order valence-electron chi connectivity index (χ2n) is 4.79. The van der Waals surface area contributed by atoms with Crippen LogP contribution in [0.5, 0.6) is 0 Å². The SMILES string of the molecule is CCCN(C)c1nc(N)c(C(=O)NC(C)CCOC)s1. The highest BCUT2D eigenvalue weighted by Crippen LogP contribution is 2.27. The summed E-state index contributed by atoms with van der Waals surface area (Å²) in [6.07, 6.45) is 1.79. The number of hydrogen-bond donors (Lipinski definition) is 2. The summed E-state index contributed by atoms with van der Waals surface area (Å²) >= 11 is 1.33. The quantitative estimate of drug-likeness (QED) is 0.764. The third-order valence-corrected chi connectivity index (χ3v) is 4.05. The van der Waals surface area contributed by atoms with Gasteiger partial charge in [-0.3, -0.25) is 4.79 Å². The van der Waals surface area contributed by atoms with Crippen molar-refractivity contribution in [2.45, 2.75) is 32.7 Å². The average molecular weight is 300 g/mol. The fourth-order valence-electron chi connectivity index (χ4n) is 1.73. The first-order chi connectivity index (χ1) is 9.49. The Morgan fingerprint density at radius 1 is 1.60 bits per heavy atom. The van der Waals surface area contributed by atoms with Gasteiger partial charge in [0.2, 0.25) is 0 Å². The molecule has 0 aliphatic heterocycles. The molecule has 1 atom stereocenters. The van der Waals surface area contributed by atoms with Gasteiger partial charge in [-0.1, -0.05) is 18.3 Å². The van der Waals surface area contributed by atoms with E-state index in [0.29, 0.717) is 17.3 Å². The second kappa shape index (κ2) is 8.06. The van der Waals surface area contributed by atoms with E-state index in [1.165, 1.54) is 11.3 Å². The minimum atomic E-state index is -0.167. The summed E-state index contributed by atoms with van der Waals surface area (Å²) in [7, 11) is 3.59. The van der Waals surface area contributed by atoms with Crippen molar-refractivity contribution >= 4 is 28.2 Å². The van der Waals surface area contributed by atoms with Crippen LogP contribution in [0, 0.1) is 0 Å². The molecule has 1 amide bonds. The molecule has 7 heteroatoms. The van der Waals surface area contributed by atoms with Crippen molar-refractivity contribution in [2.75, 3.05) is 37.9 Å². The van der Waals surface area contributed by atoms with Crippen molar-refractivity contribution in [3.05, 3.63) is 4.88 Å². The van der Waals surface area contributed by atoms with Gasteiger partial charge in [0.05, 0.1) is 0 Å². The fraction of sp³-hybridized carbons (Fsp3) is 0.692. The number of aromatic nitrogens is 1. The van der Waals surface area contributed by atoms with Crippen molar-refractivity contribution in [3.8, 4) is 0 Å². The number of nitrogens with zero attached hydrogens (tertiary/aromatic N) is 2. The molecule has 0 spiro atoms. The zero-order valence-corrected chi connectivity index (χ0v) is 13.4. The Labute approximate surface area is 124 Å². The Hall–Kier alpha value is -1.34. The lowest BCUT2D eigenvalue weighted by Gasteiger charge is -2.13. The molecule has 114 valence electrons. The maximum Gasteiger partial charge on any atom is 0.265 e. The number of nitrogens with one attached hydrogen (secondary N) is 1. The highest BCUT2D eigenvalue weighted by molar-refractivity contribution is 7.18. The molecule has 0 radical (unpaired) electrons. The summed E-state index contributed by atoms with van der Waals surface area (Å²) in [6.45, 7) is 5.54. The molecule has 6 nitrogen and oxygen atoms in total. The zero-order chi connectivity index (χ0) is 15.1. The Bertz CT molecular complexity index is 436. The maximum absolute atomic E-state index is 12.2. The van der Waals surface area contributed by atoms with Gasteiger partial charge in [0.1, 0.15) is 10.7 Å². The van der Waals surface area contributed by atoms with Crippen LogP contribution in [-0.2, 0) is 4.74 Å². The molecule has 20 heavy (non-hydrogen) atoms. The van der Waals surface area contributed by atoms with Gasteiger partial charge in [0.15, 0.2) is 5.13 Å². The van der Waals surface area contributed by atoms with Crippen LogP contribution in [0.1, 0.15) is 36.4 Å². The van der Waals surface area contributed by atoms with Gasteiger partial charge in [0, 0.05) is 33.4 Å². The molecule has 1 aromatic rings. The number of carbonyl (C=O) groups is 1. The number of rotatable bonds is 8. The molecular weight excluding hydrogens is 276 g/mol. The molecule has 1 rings (SSSR count). The van der Waals surface area contributed by atoms with E-state index in [-0.39, 0.29) is 11.9 Å². The topological polar surface area (TPSA) is 80.5 Å². The molecule has 1 unspecified atom stereocenters. The Kier molecular flexibility index (Phi) is 6.74. The van der Waals surface area contributed by atoms with E-state index in [4.69, 9.17) is 10.5 Å². The van der Waals surface area contributed by atoms with E-state index in [0.717, 1.165) is 24.5 Å². The largest absolute Gasteiger partial charge is 0.385 e. The number of ether oxygens (including phenoxy) is 1. The van der Waals surface area contributed by atoms with Crippen LogP contribution in [0.4, 0.5) is 10.9 Å². The van der Waals surface area contributed by atoms with Crippen molar-refractivity contribution in [3.63, 3.8) is 0 Å². The monoisotopic (exact) mass is 300 g/mol. The number of nitrogen functional groups attached to an aromatic ring is 1. The number of carbonyl (C=O) groups excluding carboxylic acids is 1. The lowest BCUT2D eigenvalue weighted by atomic mass is 10.2. The molecule has 0 bridgehead atoms. The first-order valence-electron chi connectivity index (χ1n) is 6.76. The van der Waals surface area contributed by atoms with Gasteiger partial charge in [-0.2, -0.15) is 0 Å². The number of nitrogens with two attached hydrogens (primary N) is 1. The first kappa shape index (κ1) is 16.7. The van der Waals surface area contributed by atoms with Gasteiger partial charge >= 0.3 is 0 Å². The van der Waals surface area contributed by atoms with Crippen molar-refractivity contribution < 1.29 is 9.53 Å². The van der Waals surface area contributed by atoms with Crippen LogP contribution in [0.15, 0.2) is 0 Å². The van der Waals surface area contributed by atoms with Gasteiger partial charge in [0.25, 0.3) is 5.91 Å². The van der Waals surface area contributed by atoms with Crippen molar-refractivity contribution in [1.82, 2.24) is 10.3 Å². The zero-order valence-electron chi connectivity index (χ0n) is 12.6. The van der Waals surface area contributed by atoms with Crippen LogP contribution < -0.4 is 16.0 Å². The second-order valence-corrected chi connectivity index (χ2v) is 5.77. The Morgan fingerprint density at radius 3 is 2.90 bits per heavy atom. The van der Waals surface area contributed by atoms with E-state index in [9.17, 15) is 4.79 Å². The molecule has 1 aromatic heterocycles. The predicted octanol–water partition coefficient (Wildman–Crippen LogP) is 1.73. The number of hydrogen-bond acceptors (Lipinski definition) is 6. The standard InChI is InChI=1S/C13H24N4O2S/c1-5-7-17(3)13-16-11(14)10(20-13)12(18)15-9(2)6-8-19-4/h9H,5-8,14H2,1-4H3,(H,15,18). The molecule has 3 N–H and O–H groups in total. The lowest BCUT2D eigenvalue weighted by molar-refractivity contribution is 0.0934. The van der Waals surface area contributed by atoms with Crippen LogP contribution in [0.25, 0.3) is 0 Å². The average Bonchev–Trinajstić information content (AvgIpc) is 2.79. The number of anilines is 2. The van der Waals surface area contributed by atoms with Crippen LogP contribution in [0.2, 0.25) is 0 Å². The van der Waals surface area contributed by atoms with E-state index in [1.54, 1.807) is 7.11 Å². The third-order valence-electron chi connectivity index (χ3n) is 2.87. The van der Waals surface area contributed by atoms with Gasteiger partial charge in [-0.05, 0) is 19.8 Å². The molecule has 1 heterocycles. The Balaban J connectivity index is 2.68. The first-order valence-corrected chi connectivity index (χ1v) is 7.58. The number of amides is 1. The molecule has 0 aromatic carbocycles. The predicted molar refractivity (Wildman–Crippen MR) is 83.5 cm³/mol. The number of thiazole rings is 1. The van der Waals surface area contributed by atoms with Gasteiger partial charge in [-0.25, -0.2) is 4.98 Å². The van der Waals surface area contributed by atoms with Gasteiger partial charge in [-0.15, -0.1) is 0 Å². The summed E-state index contributed by atoms with van der Waals surface area (Å²) in [6, 6.07) is 0.0424. The number of methoxy groups -OCH3 is 1. The molecule has 0 aliphatic rings. The van der Waals surface area contributed by atoms with Gasteiger partial charge < -0.3 is 20.7 Å². The Morgan fingerprint density at radius 2 is 2.30 bits per heavy atom. The van der Waals surface area contributed by atoms with Crippen molar-refractivity contribution in [2.24, 2.45) is 0 Å². The summed E-state index contributed by atoms with van der Waals surface area (Å²) in [5, 5.41) is 3.69. The maximum atomic E-state index is 12.2. The van der Waals surface area contributed by atoms with Crippen LogP contribution in [-0.4, -0.2) is 44.2 Å². The summed E-state index contributed by atoms with van der Waals surface area (Å²) in [5.41, 5.74) is 5.84. The summed E-state index contributed by atoms with van der Waals surface area (Å²) < 4.78 is 4.99. The molecule has 0 fully saturated rings. The van der Waals surface area contributed by atoms with E-state index < -0.39 is 0 Å². The molecular formula is C13H24N4O2S. The third kappa shape index (κ3) is 4.64. The minimum absolute atomic E-state index is 0.0424. The lowest BCUT2D eigenvalue weighted by Crippen LogP contribution is -2.33. The van der Waals surface area contributed by atoms with Crippen LogP contribution in [0.3, 0.4) is 0 Å². The van der Waals surface area contributed by atoms with E-state index >= 15 is 0 Å². The summed E-state index contributed by atoms with van der Waals surface area (Å²) in [5.74, 6) is 0.129. The molecule has 0 aliphatic carbocycles. The highest BCUT2D eigenvalue weighted by atomic mass is 32.1. The molecule has 0 saturated carbocycles. The molecule has 0 saturated heterocycles. The smallest absolute Gasteiger partial charge is 0.265 e. The van der Waals surface area contributed by atoms with E-state index in [1.807, 2.05) is 18.9 Å². The van der Waals surface area contributed by atoms with Crippen LogP contribution >= 0.6 is 11.3 Å². The minimum Gasteiger partial charge on any atom is -0.385 e. The highest BCUT2D eigenvalue weighted by Gasteiger charge is 2.19. The van der Waals surface area contributed by atoms with Crippen molar-refractivity contribution in [1.29, 1.82) is 0 Å². The fourth-order valence-corrected chi connectivity index (χ4v) is 2.61. The normalized spacial score (nSPS) is 12.2. The van der Waals surface area contributed by atoms with E-state index in [2.05, 4.69) is 17.2 Å². The summed E-state index contributed by atoms with van der Waals surface area (Å²) in [4.78, 5) is 18.9.